The van der Waals surface area contributed by atoms with Crippen LogP contribution in [0, 0.1) is 6.92 Å². The average molecular weight is 314 g/mol. The third-order valence-electron chi connectivity index (χ3n) is 3.66. The lowest BCUT2D eigenvalue weighted by molar-refractivity contribution is 0.103. The minimum atomic E-state index is -0.519. The van der Waals surface area contributed by atoms with Gasteiger partial charge in [0.05, 0.1) is 0 Å². The van der Waals surface area contributed by atoms with Gasteiger partial charge < -0.3 is 15.2 Å². The maximum absolute atomic E-state index is 9.99. The zero-order valence-electron chi connectivity index (χ0n) is 13.7. The highest BCUT2D eigenvalue weighted by Gasteiger charge is 2.13. The van der Waals surface area contributed by atoms with E-state index in [0.717, 1.165) is 28.3 Å². The maximum Gasteiger partial charge on any atom is 0.123 e. The van der Waals surface area contributed by atoms with Crippen LogP contribution < -0.4 is 10.1 Å². The van der Waals surface area contributed by atoms with Gasteiger partial charge in [-0.05, 0) is 49.4 Å². The molecule has 4 heteroatoms. The number of benzene rings is 1. The molecule has 0 heterocycles. The average Bonchev–Trinajstić information content (AvgIpc) is 2.45. The monoisotopic (exact) mass is 313 g/mol. The SMILES string of the molecule is CC[C@@H](C)NC[C@H](O)COc1cc(C)c(Cl)cc1C(C)C. The first-order chi connectivity index (χ1) is 9.85. The third-order valence-corrected chi connectivity index (χ3v) is 4.07. The first-order valence-electron chi connectivity index (χ1n) is 7.69. The molecule has 1 aromatic rings. The first-order valence-corrected chi connectivity index (χ1v) is 8.07. The van der Waals surface area contributed by atoms with Crippen molar-refractivity contribution in [3.8, 4) is 5.75 Å². The molecule has 0 radical (unpaired) electrons. The van der Waals surface area contributed by atoms with E-state index in [0.29, 0.717) is 18.5 Å². The van der Waals surface area contributed by atoms with Crippen LogP contribution in [0.1, 0.15) is 51.2 Å². The van der Waals surface area contributed by atoms with Gasteiger partial charge >= 0.3 is 0 Å². The lowest BCUT2D eigenvalue weighted by Gasteiger charge is -2.19. The van der Waals surface area contributed by atoms with E-state index in [1.807, 2.05) is 19.1 Å². The predicted molar refractivity (Wildman–Crippen MR) is 89.5 cm³/mol. The molecular weight excluding hydrogens is 286 g/mol. The van der Waals surface area contributed by atoms with Crippen LogP contribution in [0.2, 0.25) is 5.02 Å². The van der Waals surface area contributed by atoms with Crippen molar-refractivity contribution < 1.29 is 9.84 Å². The van der Waals surface area contributed by atoms with Crippen molar-refractivity contribution in [3.63, 3.8) is 0 Å². The van der Waals surface area contributed by atoms with Gasteiger partial charge in [-0.15, -0.1) is 0 Å². The second-order valence-electron chi connectivity index (χ2n) is 5.98. The molecule has 2 N–H and O–H groups in total. The molecule has 0 amide bonds. The Kier molecular flexibility index (Phi) is 7.50. The Hall–Kier alpha value is -0.770. The summed E-state index contributed by atoms with van der Waals surface area (Å²) in [6.07, 6.45) is 0.525. The van der Waals surface area contributed by atoms with Crippen molar-refractivity contribution >= 4 is 11.6 Å². The molecule has 3 nitrogen and oxygen atoms in total. The summed E-state index contributed by atoms with van der Waals surface area (Å²) in [6, 6.07) is 4.32. The summed E-state index contributed by atoms with van der Waals surface area (Å²) in [6.45, 7) is 11.2. The first kappa shape index (κ1) is 18.3. The highest BCUT2D eigenvalue weighted by molar-refractivity contribution is 6.31. The Bertz CT molecular complexity index is 449. The van der Waals surface area contributed by atoms with E-state index < -0.39 is 6.10 Å². The Morgan fingerprint density at radius 1 is 1.29 bits per heavy atom. The minimum absolute atomic E-state index is 0.282. The predicted octanol–water partition coefficient (Wildman–Crippen LogP) is 3.90. The molecule has 0 aliphatic rings. The van der Waals surface area contributed by atoms with Gasteiger partial charge in [0, 0.05) is 17.6 Å². The quantitative estimate of drug-likeness (QED) is 0.765. The number of aliphatic hydroxyl groups excluding tert-OH is 1. The van der Waals surface area contributed by atoms with Crippen molar-refractivity contribution in [3.05, 3.63) is 28.3 Å². The summed E-state index contributed by atoms with van der Waals surface area (Å²) in [5, 5.41) is 14.0. The zero-order chi connectivity index (χ0) is 16.0. The number of aryl methyl sites for hydroxylation is 1. The standard InChI is InChI=1S/C17H28ClNO2/c1-6-13(5)19-9-14(20)10-21-17-7-12(4)16(18)8-15(17)11(2)3/h7-8,11,13-14,19-20H,6,9-10H2,1-5H3/t13-,14+/m1/s1. The van der Waals surface area contributed by atoms with Crippen LogP contribution in [0.4, 0.5) is 0 Å². The number of ether oxygens (including phenoxy) is 1. The van der Waals surface area contributed by atoms with Gasteiger partial charge in [-0.25, -0.2) is 0 Å². The van der Waals surface area contributed by atoms with Crippen molar-refractivity contribution in [1.29, 1.82) is 0 Å². The lowest BCUT2D eigenvalue weighted by Crippen LogP contribution is -2.36. The molecule has 0 spiro atoms. The Balaban J connectivity index is 2.64. The molecule has 0 saturated heterocycles. The largest absolute Gasteiger partial charge is 0.491 e. The molecule has 2 atom stereocenters. The van der Waals surface area contributed by atoms with Crippen molar-refractivity contribution in [2.24, 2.45) is 0 Å². The molecule has 0 bridgehead atoms. The van der Waals surface area contributed by atoms with Gasteiger partial charge in [0.15, 0.2) is 0 Å². The van der Waals surface area contributed by atoms with Gasteiger partial charge in [0.25, 0.3) is 0 Å². The van der Waals surface area contributed by atoms with Gasteiger partial charge in [-0.3, -0.25) is 0 Å². The van der Waals surface area contributed by atoms with E-state index in [1.54, 1.807) is 0 Å². The Labute approximate surface area is 133 Å². The maximum atomic E-state index is 9.99. The van der Waals surface area contributed by atoms with Crippen LogP contribution in [0.15, 0.2) is 12.1 Å². The number of hydrogen-bond acceptors (Lipinski definition) is 3. The van der Waals surface area contributed by atoms with Gasteiger partial charge in [0.1, 0.15) is 18.5 Å². The molecule has 0 fully saturated rings. The van der Waals surface area contributed by atoms with Crippen molar-refractivity contribution in [2.45, 2.75) is 59.1 Å². The fourth-order valence-corrected chi connectivity index (χ4v) is 2.15. The van der Waals surface area contributed by atoms with Crippen LogP contribution in [0.5, 0.6) is 5.75 Å². The normalized spacial score (nSPS) is 14.3. The summed E-state index contributed by atoms with van der Waals surface area (Å²) in [4.78, 5) is 0. The van der Waals surface area contributed by atoms with Crippen LogP contribution in [0.3, 0.4) is 0 Å². The van der Waals surface area contributed by atoms with E-state index >= 15 is 0 Å². The molecule has 0 aromatic heterocycles. The summed E-state index contributed by atoms with van der Waals surface area (Å²) in [5.74, 6) is 1.14. The molecule has 0 aliphatic carbocycles. The Morgan fingerprint density at radius 3 is 2.52 bits per heavy atom. The molecule has 21 heavy (non-hydrogen) atoms. The number of hydrogen-bond donors (Lipinski definition) is 2. The van der Waals surface area contributed by atoms with Crippen LogP contribution >= 0.6 is 11.6 Å². The topological polar surface area (TPSA) is 41.5 Å². The summed E-state index contributed by atoms with van der Waals surface area (Å²) >= 11 is 6.18. The lowest BCUT2D eigenvalue weighted by atomic mass is 10.0. The fraction of sp³-hybridized carbons (Fsp3) is 0.647. The summed E-state index contributed by atoms with van der Waals surface area (Å²) < 4.78 is 5.81. The highest BCUT2D eigenvalue weighted by atomic mass is 35.5. The fourth-order valence-electron chi connectivity index (χ4n) is 1.97. The smallest absolute Gasteiger partial charge is 0.123 e. The van der Waals surface area contributed by atoms with E-state index in [9.17, 15) is 5.11 Å². The van der Waals surface area contributed by atoms with Gasteiger partial charge in [0.2, 0.25) is 0 Å². The van der Waals surface area contributed by atoms with E-state index in [1.165, 1.54) is 0 Å². The molecular formula is C17H28ClNO2. The van der Waals surface area contributed by atoms with Gasteiger partial charge in [-0.1, -0.05) is 32.4 Å². The van der Waals surface area contributed by atoms with Crippen LogP contribution in [0.25, 0.3) is 0 Å². The number of nitrogens with one attached hydrogen (secondary N) is 1. The molecule has 120 valence electrons. The molecule has 0 saturated carbocycles. The Morgan fingerprint density at radius 2 is 1.95 bits per heavy atom. The molecule has 1 rings (SSSR count). The minimum Gasteiger partial charge on any atom is -0.491 e. The van der Waals surface area contributed by atoms with E-state index in [2.05, 4.69) is 33.0 Å². The van der Waals surface area contributed by atoms with E-state index in [-0.39, 0.29) is 6.61 Å². The van der Waals surface area contributed by atoms with Crippen molar-refractivity contribution in [1.82, 2.24) is 5.32 Å². The zero-order valence-corrected chi connectivity index (χ0v) is 14.5. The second-order valence-corrected chi connectivity index (χ2v) is 6.38. The van der Waals surface area contributed by atoms with Crippen LogP contribution in [-0.2, 0) is 0 Å². The summed E-state index contributed by atoms with van der Waals surface area (Å²) in [5.41, 5.74) is 2.07. The second kappa shape index (κ2) is 8.62. The third kappa shape index (κ3) is 5.85. The van der Waals surface area contributed by atoms with Crippen molar-refractivity contribution in [2.75, 3.05) is 13.2 Å². The van der Waals surface area contributed by atoms with Crippen LogP contribution in [-0.4, -0.2) is 30.4 Å². The summed E-state index contributed by atoms with van der Waals surface area (Å²) in [7, 11) is 0. The number of rotatable bonds is 8. The highest BCUT2D eigenvalue weighted by Crippen LogP contribution is 2.32. The number of halogens is 1. The number of aliphatic hydroxyl groups is 1. The molecule has 0 aliphatic heterocycles. The van der Waals surface area contributed by atoms with Gasteiger partial charge in [-0.2, -0.15) is 0 Å². The molecule has 1 aromatic carbocycles. The van der Waals surface area contributed by atoms with E-state index in [4.69, 9.17) is 16.3 Å². The molecule has 0 unspecified atom stereocenters.